The van der Waals surface area contributed by atoms with Gasteiger partial charge in [0.15, 0.2) is 0 Å². The average Bonchev–Trinajstić information content (AvgIpc) is 2.38. The van der Waals surface area contributed by atoms with E-state index in [0.29, 0.717) is 18.3 Å². The van der Waals surface area contributed by atoms with E-state index in [4.69, 9.17) is 4.74 Å². The van der Waals surface area contributed by atoms with Crippen molar-refractivity contribution in [3.63, 3.8) is 0 Å². The fourth-order valence-electron chi connectivity index (χ4n) is 1.95. The number of nitrogens with one attached hydrogen (secondary N) is 2. The van der Waals surface area contributed by atoms with Crippen molar-refractivity contribution in [1.29, 1.82) is 0 Å². The molecule has 98 valence electrons. The van der Waals surface area contributed by atoms with Crippen molar-refractivity contribution in [1.82, 2.24) is 10.3 Å². The Kier molecular flexibility index (Phi) is 4.52. The fraction of sp³-hybridized carbons (Fsp3) is 0.538. The van der Waals surface area contributed by atoms with Gasteiger partial charge in [-0.15, -0.1) is 0 Å². The highest BCUT2D eigenvalue weighted by Crippen LogP contribution is 2.13. The number of aromatic nitrogens is 1. The second-order valence-corrected chi connectivity index (χ2v) is 4.61. The Hall–Kier alpha value is -1.62. The Labute approximate surface area is 107 Å². The Bertz CT molecular complexity index is 403. The molecule has 0 spiro atoms. The Morgan fingerprint density at radius 1 is 1.50 bits per heavy atom. The number of anilines is 1. The van der Waals surface area contributed by atoms with E-state index < -0.39 is 0 Å². The summed E-state index contributed by atoms with van der Waals surface area (Å²) < 4.78 is 5.28. The first-order chi connectivity index (χ1) is 8.74. The molecule has 1 aliphatic heterocycles. The first-order valence-corrected chi connectivity index (χ1v) is 6.29. The molecule has 0 radical (unpaired) electrons. The van der Waals surface area contributed by atoms with Crippen molar-refractivity contribution in [3.05, 3.63) is 23.9 Å². The number of pyridine rings is 1. The smallest absolute Gasteiger partial charge is 0.320 e. The SMILES string of the molecule is Cc1ccnc(NC(=O)NCC2CCOCC2)c1. The Morgan fingerprint density at radius 2 is 2.28 bits per heavy atom. The van der Waals surface area contributed by atoms with E-state index in [1.807, 2.05) is 19.1 Å². The lowest BCUT2D eigenvalue weighted by Gasteiger charge is -2.22. The minimum atomic E-state index is -0.195. The highest BCUT2D eigenvalue weighted by molar-refractivity contribution is 5.88. The highest BCUT2D eigenvalue weighted by atomic mass is 16.5. The number of rotatable bonds is 3. The fourth-order valence-corrected chi connectivity index (χ4v) is 1.95. The van der Waals surface area contributed by atoms with Crippen molar-refractivity contribution in [2.75, 3.05) is 25.1 Å². The van der Waals surface area contributed by atoms with Crippen LogP contribution >= 0.6 is 0 Å². The minimum Gasteiger partial charge on any atom is -0.381 e. The van der Waals surface area contributed by atoms with E-state index in [1.165, 1.54) is 0 Å². The van der Waals surface area contributed by atoms with E-state index in [1.54, 1.807) is 6.20 Å². The van der Waals surface area contributed by atoms with Crippen LogP contribution in [0.5, 0.6) is 0 Å². The molecule has 0 unspecified atom stereocenters. The molecule has 18 heavy (non-hydrogen) atoms. The maximum Gasteiger partial charge on any atom is 0.320 e. The van der Waals surface area contributed by atoms with Crippen LogP contribution in [-0.4, -0.2) is 30.8 Å². The van der Waals surface area contributed by atoms with Gasteiger partial charge in [0.05, 0.1) is 0 Å². The predicted molar refractivity (Wildman–Crippen MR) is 69.5 cm³/mol. The summed E-state index contributed by atoms with van der Waals surface area (Å²) in [5.74, 6) is 1.11. The first-order valence-electron chi connectivity index (χ1n) is 6.29. The highest BCUT2D eigenvalue weighted by Gasteiger charge is 2.14. The van der Waals surface area contributed by atoms with Gasteiger partial charge in [-0.2, -0.15) is 0 Å². The second-order valence-electron chi connectivity index (χ2n) is 4.61. The Balaban J connectivity index is 1.74. The summed E-state index contributed by atoms with van der Waals surface area (Å²) in [7, 11) is 0. The third-order valence-corrected chi connectivity index (χ3v) is 3.05. The van der Waals surface area contributed by atoms with Crippen LogP contribution < -0.4 is 10.6 Å². The summed E-state index contributed by atoms with van der Waals surface area (Å²) in [6, 6.07) is 3.54. The van der Waals surface area contributed by atoms with Crippen LogP contribution in [0, 0.1) is 12.8 Å². The molecule has 5 heteroatoms. The summed E-state index contributed by atoms with van der Waals surface area (Å²) in [5, 5.41) is 5.60. The molecule has 0 saturated carbocycles. The molecule has 2 heterocycles. The number of urea groups is 1. The van der Waals surface area contributed by atoms with E-state index in [9.17, 15) is 4.79 Å². The zero-order valence-corrected chi connectivity index (χ0v) is 10.6. The molecule has 1 aliphatic rings. The molecule has 0 bridgehead atoms. The van der Waals surface area contributed by atoms with Crippen LogP contribution in [0.15, 0.2) is 18.3 Å². The van der Waals surface area contributed by atoms with Crippen LogP contribution in [0.1, 0.15) is 18.4 Å². The van der Waals surface area contributed by atoms with Crippen LogP contribution in [0.25, 0.3) is 0 Å². The average molecular weight is 249 g/mol. The van der Waals surface area contributed by atoms with Crippen molar-refractivity contribution >= 4 is 11.8 Å². The van der Waals surface area contributed by atoms with Gasteiger partial charge in [0.25, 0.3) is 0 Å². The molecule has 0 aliphatic carbocycles. The van der Waals surface area contributed by atoms with Gasteiger partial charge in [-0.1, -0.05) is 0 Å². The number of aryl methyl sites for hydroxylation is 1. The topological polar surface area (TPSA) is 63.2 Å². The largest absolute Gasteiger partial charge is 0.381 e. The van der Waals surface area contributed by atoms with Crippen LogP contribution in [0.2, 0.25) is 0 Å². The summed E-state index contributed by atoms with van der Waals surface area (Å²) >= 11 is 0. The lowest BCUT2D eigenvalue weighted by molar-refractivity contribution is 0.0671. The molecule has 1 aromatic rings. The lowest BCUT2D eigenvalue weighted by Crippen LogP contribution is -2.35. The first kappa shape index (κ1) is 12.8. The van der Waals surface area contributed by atoms with Gasteiger partial charge in [-0.25, -0.2) is 9.78 Å². The van der Waals surface area contributed by atoms with Gasteiger partial charge in [0, 0.05) is 26.0 Å². The molecular weight excluding hydrogens is 230 g/mol. The number of hydrogen-bond acceptors (Lipinski definition) is 3. The van der Waals surface area contributed by atoms with Crippen LogP contribution in [-0.2, 0) is 4.74 Å². The molecule has 1 saturated heterocycles. The second kappa shape index (κ2) is 6.35. The van der Waals surface area contributed by atoms with Gasteiger partial charge < -0.3 is 10.1 Å². The third-order valence-electron chi connectivity index (χ3n) is 3.05. The summed E-state index contributed by atoms with van der Waals surface area (Å²) in [5.41, 5.74) is 1.07. The normalized spacial score (nSPS) is 16.3. The molecular formula is C13H19N3O2. The molecule has 0 aromatic carbocycles. The van der Waals surface area contributed by atoms with Gasteiger partial charge in [0.2, 0.25) is 0 Å². The number of ether oxygens (including phenoxy) is 1. The summed E-state index contributed by atoms with van der Waals surface area (Å²) in [4.78, 5) is 15.8. The number of hydrogen-bond donors (Lipinski definition) is 2. The van der Waals surface area contributed by atoms with E-state index >= 15 is 0 Å². The standard InChI is InChI=1S/C13H19N3O2/c1-10-2-5-14-12(8-10)16-13(17)15-9-11-3-6-18-7-4-11/h2,5,8,11H,3-4,6-7,9H2,1H3,(H2,14,15,16,17). The maximum absolute atomic E-state index is 11.7. The maximum atomic E-state index is 11.7. The molecule has 2 amide bonds. The number of nitrogens with zero attached hydrogens (tertiary/aromatic N) is 1. The van der Waals surface area contributed by atoms with Crippen molar-refractivity contribution in [2.45, 2.75) is 19.8 Å². The molecule has 2 rings (SSSR count). The van der Waals surface area contributed by atoms with Crippen molar-refractivity contribution in [3.8, 4) is 0 Å². The Morgan fingerprint density at radius 3 is 3.00 bits per heavy atom. The summed E-state index contributed by atoms with van der Waals surface area (Å²) in [6.45, 7) is 4.26. The molecule has 5 nitrogen and oxygen atoms in total. The van der Waals surface area contributed by atoms with Gasteiger partial charge in [-0.05, 0) is 43.4 Å². The zero-order chi connectivity index (χ0) is 12.8. The number of carbonyl (C=O) groups is 1. The van der Waals surface area contributed by atoms with Crippen molar-refractivity contribution in [2.24, 2.45) is 5.92 Å². The minimum absolute atomic E-state index is 0.195. The van der Waals surface area contributed by atoms with E-state index in [-0.39, 0.29) is 6.03 Å². The predicted octanol–water partition coefficient (Wildman–Crippen LogP) is 1.94. The van der Waals surface area contributed by atoms with E-state index in [2.05, 4.69) is 15.6 Å². The molecule has 2 N–H and O–H groups in total. The van der Waals surface area contributed by atoms with Crippen molar-refractivity contribution < 1.29 is 9.53 Å². The molecule has 0 atom stereocenters. The third kappa shape index (κ3) is 4.00. The monoisotopic (exact) mass is 249 g/mol. The summed E-state index contributed by atoms with van der Waals surface area (Å²) in [6.07, 6.45) is 3.72. The zero-order valence-electron chi connectivity index (χ0n) is 10.6. The number of amides is 2. The molecule has 1 fully saturated rings. The van der Waals surface area contributed by atoms with Crippen LogP contribution in [0.4, 0.5) is 10.6 Å². The molecule has 1 aromatic heterocycles. The van der Waals surface area contributed by atoms with Crippen LogP contribution in [0.3, 0.4) is 0 Å². The lowest BCUT2D eigenvalue weighted by atomic mass is 10.0. The number of carbonyl (C=O) groups excluding carboxylic acids is 1. The van der Waals surface area contributed by atoms with Gasteiger partial charge in [-0.3, -0.25) is 5.32 Å². The quantitative estimate of drug-likeness (QED) is 0.860. The van der Waals surface area contributed by atoms with E-state index in [0.717, 1.165) is 31.6 Å². The van der Waals surface area contributed by atoms with Gasteiger partial charge in [0.1, 0.15) is 5.82 Å². The van der Waals surface area contributed by atoms with Gasteiger partial charge >= 0.3 is 6.03 Å².